The summed E-state index contributed by atoms with van der Waals surface area (Å²) in [5.41, 5.74) is 2.41. The number of fused-ring (bicyclic) bond motifs is 1. The van der Waals surface area contributed by atoms with Crippen LogP contribution in [0.15, 0.2) is 65.4 Å². The Hall–Kier alpha value is -3.79. The molecule has 2 unspecified atom stereocenters. The van der Waals surface area contributed by atoms with Gasteiger partial charge in [-0.25, -0.2) is 9.78 Å². The number of alkyl halides is 3. The molecule has 2 atom stereocenters. The smallest absolute Gasteiger partial charge is 0.420 e. The summed E-state index contributed by atoms with van der Waals surface area (Å²) in [6.07, 6.45) is -2.08. The number of furan rings is 1. The van der Waals surface area contributed by atoms with Crippen molar-refractivity contribution in [2.45, 2.75) is 24.1 Å². The first kappa shape index (κ1) is 22.0. The zero-order valence-corrected chi connectivity index (χ0v) is 17.9. The molecular formula is C23H15ClF3N3O4. The quantitative estimate of drug-likeness (QED) is 0.404. The molecule has 2 N–H and O–H groups in total. The highest BCUT2D eigenvalue weighted by Crippen LogP contribution is 2.54. The Balaban J connectivity index is 1.56. The fraction of sp³-hybridized carbons (Fsp3) is 0.174. The van der Waals surface area contributed by atoms with Crippen molar-refractivity contribution in [1.29, 1.82) is 0 Å². The first-order chi connectivity index (χ1) is 16.1. The van der Waals surface area contributed by atoms with Gasteiger partial charge in [-0.2, -0.15) is 13.2 Å². The van der Waals surface area contributed by atoms with E-state index in [1.54, 1.807) is 30.3 Å². The highest BCUT2D eigenvalue weighted by molar-refractivity contribution is 6.32. The lowest BCUT2D eigenvalue weighted by atomic mass is 10.1. The second kappa shape index (κ2) is 7.63. The molecule has 1 saturated carbocycles. The number of hydrogen-bond donors (Lipinski definition) is 1. The summed E-state index contributed by atoms with van der Waals surface area (Å²) in [5, 5.41) is -0.407. The molecule has 5 rings (SSSR count). The molecule has 0 aliphatic heterocycles. The SMILES string of the molecule is NC(=O)C1(OC(=O)c2nc3c(C(F)(F)F)cc(-c4ccco4)cn3c2Cl)CC1c1ccccc1. The molecule has 7 nitrogen and oxygen atoms in total. The number of carbonyl (C=O) groups excluding carboxylic acids is 2. The maximum Gasteiger partial charge on any atom is 0.420 e. The van der Waals surface area contributed by atoms with Gasteiger partial charge in [-0.05, 0) is 23.8 Å². The van der Waals surface area contributed by atoms with E-state index in [0.717, 1.165) is 16.0 Å². The average molecular weight is 490 g/mol. The van der Waals surface area contributed by atoms with Gasteiger partial charge in [0.05, 0.1) is 11.8 Å². The number of rotatable bonds is 5. The van der Waals surface area contributed by atoms with Crippen LogP contribution < -0.4 is 5.73 Å². The Morgan fingerprint density at radius 1 is 1.21 bits per heavy atom. The number of primary amides is 1. The normalized spacial score (nSPS) is 19.8. The topological polar surface area (TPSA) is 99.8 Å². The van der Waals surface area contributed by atoms with Crippen molar-refractivity contribution in [1.82, 2.24) is 9.38 Å². The third-order valence-corrected chi connectivity index (χ3v) is 6.13. The van der Waals surface area contributed by atoms with Crippen LogP contribution in [-0.2, 0) is 15.7 Å². The van der Waals surface area contributed by atoms with E-state index in [4.69, 9.17) is 26.5 Å². The fourth-order valence-electron chi connectivity index (χ4n) is 4.00. The number of aromatic nitrogens is 2. The van der Waals surface area contributed by atoms with Gasteiger partial charge in [-0.3, -0.25) is 9.20 Å². The van der Waals surface area contributed by atoms with Crippen molar-refractivity contribution in [2.75, 3.05) is 0 Å². The van der Waals surface area contributed by atoms with E-state index in [1.807, 2.05) is 0 Å². The molecule has 1 aromatic carbocycles. The molecule has 3 heterocycles. The van der Waals surface area contributed by atoms with Crippen LogP contribution in [0.25, 0.3) is 17.0 Å². The number of pyridine rings is 1. The predicted molar refractivity (Wildman–Crippen MR) is 114 cm³/mol. The molecule has 0 bridgehead atoms. The van der Waals surface area contributed by atoms with Gasteiger partial charge in [-0.15, -0.1) is 0 Å². The lowest BCUT2D eigenvalue weighted by Gasteiger charge is -2.14. The third-order valence-electron chi connectivity index (χ3n) is 5.77. The van der Waals surface area contributed by atoms with Crippen molar-refractivity contribution < 1.29 is 31.9 Å². The van der Waals surface area contributed by atoms with E-state index >= 15 is 0 Å². The van der Waals surface area contributed by atoms with Gasteiger partial charge in [0, 0.05) is 24.1 Å². The number of nitrogens with two attached hydrogens (primary N) is 1. The molecule has 1 amide bonds. The van der Waals surface area contributed by atoms with Gasteiger partial charge >= 0.3 is 12.1 Å². The molecule has 1 fully saturated rings. The van der Waals surface area contributed by atoms with Gasteiger partial charge in [-0.1, -0.05) is 41.9 Å². The van der Waals surface area contributed by atoms with Crippen molar-refractivity contribution in [3.8, 4) is 11.3 Å². The minimum atomic E-state index is -4.80. The van der Waals surface area contributed by atoms with E-state index in [-0.39, 0.29) is 17.7 Å². The summed E-state index contributed by atoms with van der Waals surface area (Å²) in [6.45, 7) is 0. The molecular weight excluding hydrogens is 475 g/mol. The van der Waals surface area contributed by atoms with Crippen molar-refractivity contribution in [2.24, 2.45) is 5.73 Å². The first-order valence-corrected chi connectivity index (χ1v) is 10.4. The van der Waals surface area contributed by atoms with Crippen LogP contribution in [0.4, 0.5) is 13.2 Å². The Kier molecular flexibility index (Phi) is 4.94. The molecule has 4 aromatic rings. The summed E-state index contributed by atoms with van der Waals surface area (Å²) in [4.78, 5) is 29.0. The molecule has 0 radical (unpaired) electrons. The zero-order valence-electron chi connectivity index (χ0n) is 17.2. The number of carbonyl (C=O) groups is 2. The molecule has 0 spiro atoms. The fourth-order valence-corrected chi connectivity index (χ4v) is 4.25. The van der Waals surface area contributed by atoms with E-state index in [0.29, 0.717) is 0 Å². The molecule has 174 valence electrons. The lowest BCUT2D eigenvalue weighted by molar-refractivity contribution is -0.136. The van der Waals surface area contributed by atoms with Crippen molar-refractivity contribution in [3.05, 3.63) is 83.0 Å². The van der Waals surface area contributed by atoms with E-state index in [1.165, 1.54) is 24.6 Å². The number of esters is 1. The number of nitrogens with zero attached hydrogens (tertiary/aromatic N) is 2. The van der Waals surface area contributed by atoms with Crippen LogP contribution in [0.2, 0.25) is 5.15 Å². The summed E-state index contributed by atoms with van der Waals surface area (Å²) >= 11 is 6.28. The van der Waals surface area contributed by atoms with E-state index < -0.39 is 51.6 Å². The van der Waals surface area contributed by atoms with Gasteiger partial charge in [0.1, 0.15) is 10.9 Å². The number of hydrogen-bond acceptors (Lipinski definition) is 5. The van der Waals surface area contributed by atoms with Gasteiger partial charge in [0.15, 0.2) is 16.9 Å². The number of halogens is 4. The van der Waals surface area contributed by atoms with E-state index in [2.05, 4.69) is 4.98 Å². The maximum absolute atomic E-state index is 13.8. The molecule has 34 heavy (non-hydrogen) atoms. The standard InChI is InChI=1S/C23H15ClF3N3O4/c24-18-17(20(31)34-22(21(28)32)10-15(22)12-5-2-1-3-6-12)29-19-14(23(25,26)27)9-13(11-30(18)19)16-7-4-8-33-16/h1-9,11,15H,10H2,(H2,28,32). The Morgan fingerprint density at radius 2 is 1.94 bits per heavy atom. The van der Waals surface area contributed by atoms with Crippen LogP contribution in [0.5, 0.6) is 0 Å². The summed E-state index contributed by atoms with van der Waals surface area (Å²) in [5.74, 6) is -2.34. The molecule has 1 aliphatic rings. The Bertz CT molecular complexity index is 1420. The van der Waals surface area contributed by atoms with Gasteiger partial charge < -0.3 is 14.9 Å². The number of benzene rings is 1. The minimum absolute atomic E-state index is 0.0731. The number of imidazole rings is 1. The highest BCUT2D eigenvalue weighted by atomic mass is 35.5. The van der Waals surface area contributed by atoms with Crippen molar-refractivity contribution >= 4 is 29.1 Å². The minimum Gasteiger partial charge on any atom is -0.464 e. The number of ether oxygens (including phenoxy) is 1. The molecule has 1 aliphatic carbocycles. The first-order valence-electron chi connectivity index (χ1n) is 10.0. The zero-order chi connectivity index (χ0) is 24.3. The second-order valence-electron chi connectivity index (χ2n) is 7.87. The van der Waals surface area contributed by atoms with Crippen LogP contribution in [0, 0.1) is 0 Å². The second-order valence-corrected chi connectivity index (χ2v) is 8.23. The Labute approximate surface area is 194 Å². The maximum atomic E-state index is 13.8. The number of amides is 1. The summed E-state index contributed by atoms with van der Waals surface area (Å²) < 4.78 is 53.0. The van der Waals surface area contributed by atoms with Gasteiger partial charge in [0.25, 0.3) is 5.91 Å². The predicted octanol–water partition coefficient (Wildman–Crippen LogP) is 4.83. The van der Waals surface area contributed by atoms with E-state index in [9.17, 15) is 22.8 Å². The monoisotopic (exact) mass is 489 g/mol. The summed E-state index contributed by atoms with van der Waals surface area (Å²) in [6, 6.07) is 12.7. The largest absolute Gasteiger partial charge is 0.464 e. The Morgan fingerprint density at radius 3 is 2.56 bits per heavy atom. The lowest BCUT2D eigenvalue weighted by Crippen LogP contribution is -2.37. The molecule has 0 saturated heterocycles. The average Bonchev–Trinajstić information content (AvgIpc) is 3.13. The highest BCUT2D eigenvalue weighted by Gasteiger charge is 2.64. The molecule has 11 heteroatoms. The van der Waals surface area contributed by atoms with Crippen molar-refractivity contribution in [3.63, 3.8) is 0 Å². The van der Waals surface area contributed by atoms with Gasteiger partial charge in [0.2, 0.25) is 0 Å². The van der Waals surface area contributed by atoms with Crippen LogP contribution in [-0.4, -0.2) is 26.9 Å². The summed E-state index contributed by atoms with van der Waals surface area (Å²) in [7, 11) is 0. The third kappa shape index (κ3) is 3.50. The van der Waals surface area contributed by atoms with Crippen LogP contribution >= 0.6 is 11.6 Å². The molecule has 3 aromatic heterocycles. The van der Waals surface area contributed by atoms with Crippen LogP contribution in [0.1, 0.15) is 34.0 Å². The van der Waals surface area contributed by atoms with Crippen LogP contribution in [0.3, 0.4) is 0 Å².